The predicted molar refractivity (Wildman–Crippen MR) is 37.4 cm³/mol. The quantitative estimate of drug-likeness (QED) is 0.401. The van der Waals surface area contributed by atoms with E-state index in [9.17, 15) is 0 Å². The van der Waals surface area contributed by atoms with Crippen molar-refractivity contribution in [3.05, 3.63) is 12.3 Å². The molecule has 0 saturated carbocycles. The molecule has 0 unspecified atom stereocenters. The molecule has 0 spiro atoms. The molecule has 0 heterocycles. The lowest BCUT2D eigenvalue weighted by atomic mass is 10.5. The number of rotatable bonds is 2. The molecule has 0 aromatic carbocycles. The van der Waals surface area contributed by atoms with Gasteiger partial charge < -0.3 is 0 Å². The van der Waals surface area contributed by atoms with Gasteiger partial charge in [0.25, 0.3) is 0 Å². The summed E-state index contributed by atoms with van der Waals surface area (Å²) in [6, 6.07) is 2.11. The fourth-order valence-electron chi connectivity index (χ4n) is 0.639. The molecule has 0 aliphatic rings. The number of hydrogen-bond acceptors (Lipinski definition) is 1. The molecule has 0 atom stereocenters. The van der Waals surface area contributed by atoms with Gasteiger partial charge in [-0.3, -0.25) is 4.48 Å². The molecule has 2 nitrogen and oxygen atoms in total. The van der Waals surface area contributed by atoms with E-state index in [0.29, 0.717) is 11.0 Å². The van der Waals surface area contributed by atoms with E-state index in [0.717, 1.165) is 0 Å². The first-order valence-corrected chi connectivity index (χ1v) is 2.96. The fraction of sp³-hybridized carbons (Fsp3) is 0.571. The van der Waals surface area contributed by atoms with Crippen molar-refractivity contribution in [1.29, 1.82) is 5.26 Å². The summed E-state index contributed by atoms with van der Waals surface area (Å²) in [6.07, 6.45) is 3.94. The van der Waals surface area contributed by atoms with Crippen molar-refractivity contribution in [3.8, 4) is 6.07 Å². The topological polar surface area (TPSA) is 23.8 Å². The third-order valence-electron chi connectivity index (χ3n) is 1.03. The maximum atomic E-state index is 8.33. The number of hydrogen-bond donors (Lipinski definition) is 0. The predicted octanol–water partition coefficient (Wildman–Crippen LogP) is 1.12. The van der Waals surface area contributed by atoms with E-state index >= 15 is 0 Å². The second-order valence-corrected chi connectivity index (χ2v) is 2.58. The molecule has 0 aliphatic carbocycles. The molecule has 0 N–H and O–H groups in total. The Kier molecular flexibility index (Phi) is 2.97. The van der Waals surface area contributed by atoms with Gasteiger partial charge in [0.1, 0.15) is 6.07 Å². The summed E-state index contributed by atoms with van der Waals surface area (Å²) in [5.41, 5.74) is 0. The third-order valence-corrected chi connectivity index (χ3v) is 1.03. The molecule has 0 aromatic rings. The van der Waals surface area contributed by atoms with Crippen LogP contribution in [0.3, 0.4) is 0 Å². The van der Waals surface area contributed by atoms with Gasteiger partial charge in [-0.15, -0.1) is 0 Å². The SMILES string of the molecule is CC=C[N+](C)(C)CC#N. The van der Waals surface area contributed by atoms with Gasteiger partial charge in [0.05, 0.1) is 20.3 Å². The first kappa shape index (κ1) is 8.19. The van der Waals surface area contributed by atoms with Crippen molar-refractivity contribution >= 4 is 0 Å². The summed E-state index contributed by atoms with van der Waals surface area (Å²) >= 11 is 0. The van der Waals surface area contributed by atoms with Gasteiger partial charge >= 0.3 is 0 Å². The Morgan fingerprint density at radius 2 is 2.11 bits per heavy atom. The van der Waals surface area contributed by atoms with E-state index in [-0.39, 0.29) is 0 Å². The standard InChI is InChI=1S/C7H13N2/c1-4-6-9(2,3)7-5-8/h4,6H,7H2,1-3H3/q+1. The molecule has 0 rings (SSSR count). The first-order chi connectivity index (χ1) is 4.12. The fourth-order valence-corrected chi connectivity index (χ4v) is 0.639. The zero-order chi connectivity index (χ0) is 7.33. The van der Waals surface area contributed by atoms with Gasteiger partial charge in [-0.25, -0.2) is 0 Å². The summed E-state index contributed by atoms with van der Waals surface area (Å²) in [7, 11) is 3.98. The van der Waals surface area contributed by atoms with Crippen LogP contribution in [0.5, 0.6) is 0 Å². The third kappa shape index (κ3) is 3.75. The monoisotopic (exact) mass is 125 g/mol. The average Bonchev–Trinajstić information content (AvgIpc) is 1.64. The maximum absolute atomic E-state index is 8.33. The van der Waals surface area contributed by atoms with Crippen LogP contribution in [0.1, 0.15) is 6.92 Å². The molecule has 2 heteroatoms. The Hall–Kier alpha value is -0.810. The molecule has 0 saturated heterocycles. The van der Waals surface area contributed by atoms with Crippen molar-refractivity contribution in [2.45, 2.75) is 6.92 Å². The van der Waals surface area contributed by atoms with Gasteiger partial charge in [-0.05, 0) is 13.0 Å². The van der Waals surface area contributed by atoms with Gasteiger partial charge in [0.2, 0.25) is 0 Å². The van der Waals surface area contributed by atoms with Crippen LogP contribution in [0.25, 0.3) is 0 Å². The Balaban J connectivity index is 3.89. The van der Waals surface area contributed by atoms with Gasteiger partial charge in [-0.2, -0.15) is 5.26 Å². The van der Waals surface area contributed by atoms with Gasteiger partial charge in [0, 0.05) is 0 Å². The van der Waals surface area contributed by atoms with E-state index in [2.05, 4.69) is 6.07 Å². The van der Waals surface area contributed by atoms with Crippen molar-refractivity contribution in [3.63, 3.8) is 0 Å². The summed E-state index contributed by atoms with van der Waals surface area (Å²) in [6.45, 7) is 2.49. The van der Waals surface area contributed by atoms with Crippen LogP contribution in [-0.4, -0.2) is 25.1 Å². The molecule has 9 heavy (non-hydrogen) atoms. The Morgan fingerprint density at radius 3 is 2.44 bits per heavy atom. The molecule has 0 bridgehead atoms. The largest absolute Gasteiger partial charge is 0.291 e. The minimum atomic E-state index is 0.532. The number of nitriles is 1. The van der Waals surface area contributed by atoms with Gasteiger partial charge in [-0.1, -0.05) is 0 Å². The lowest BCUT2D eigenvalue weighted by Gasteiger charge is -2.20. The summed E-state index contributed by atoms with van der Waals surface area (Å²) < 4.78 is 0.646. The van der Waals surface area contributed by atoms with E-state index < -0.39 is 0 Å². The second-order valence-electron chi connectivity index (χ2n) is 2.58. The number of allylic oxidation sites excluding steroid dienone is 1. The van der Waals surface area contributed by atoms with E-state index in [1.54, 1.807) is 0 Å². The first-order valence-electron chi connectivity index (χ1n) is 2.96. The number of quaternary nitrogens is 1. The lowest BCUT2D eigenvalue weighted by molar-refractivity contribution is -0.831. The molecular weight excluding hydrogens is 112 g/mol. The highest BCUT2D eigenvalue weighted by molar-refractivity contribution is 4.73. The Morgan fingerprint density at radius 1 is 1.56 bits per heavy atom. The summed E-state index contributed by atoms with van der Waals surface area (Å²) in [5.74, 6) is 0. The highest BCUT2D eigenvalue weighted by atomic mass is 15.3. The van der Waals surface area contributed by atoms with Crippen LogP contribution in [-0.2, 0) is 0 Å². The molecule has 0 amide bonds. The summed E-state index contributed by atoms with van der Waals surface area (Å²) in [5, 5.41) is 8.33. The normalized spacial score (nSPS) is 11.8. The second kappa shape index (κ2) is 3.26. The van der Waals surface area contributed by atoms with E-state index in [1.165, 1.54) is 0 Å². The molecular formula is C7H13N2+. The van der Waals surface area contributed by atoms with Crippen LogP contribution in [0.2, 0.25) is 0 Å². The maximum Gasteiger partial charge on any atom is 0.170 e. The Labute approximate surface area is 56.6 Å². The zero-order valence-corrected chi connectivity index (χ0v) is 6.26. The summed E-state index contributed by atoms with van der Waals surface area (Å²) in [4.78, 5) is 0. The van der Waals surface area contributed by atoms with E-state index in [1.807, 2.05) is 33.3 Å². The highest BCUT2D eigenvalue weighted by Gasteiger charge is 2.07. The van der Waals surface area contributed by atoms with Crippen LogP contribution in [0.15, 0.2) is 12.3 Å². The highest BCUT2D eigenvalue weighted by Crippen LogP contribution is 1.95. The van der Waals surface area contributed by atoms with Crippen molar-refractivity contribution in [2.75, 3.05) is 20.6 Å². The average molecular weight is 125 g/mol. The van der Waals surface area contributed by atoms with Crippen LogP contribution in [0, 0.1) is 11.3 Å². The van der Waals surface area contributed by atoms with Crippen molar-refractivity contribution in [1.82, 2.24) is 0 Å². The molecule has 50 valence electrons. The van der Waals surface area contributed by atoms with Crippen LogP contribution < -0.4 is 0 Å². The zero-order valence-electron chi connectivity index (χ0n) is 6.26. The minimum absolute atomic E-state index is 0.532. The van der Waals surface area contributed by atoms with Crippen molar-refractivity contribution < 1.29 is 4.48 Å². The molecule has 0 radical (unpaired) electrons. The van der Waals surface area contributed by atoms with Gasteiger partial charge in [0.15, 0.2) is 6.54 Å². The number of nitrogens with zero attached hydrogens (tertiary/aromatic N) is 2. The molecule has 0 fully saturated rings. The smallest absolute Gasteiger partial charge is 0.170 e. The van der Waals surface area contributed by atoms with E-state index in [4.69, 9.17) is 5.26 Å². The molecule has 0 aromatic heterocycles. The van der Waals surface area contributed by atoms with Crippen LogP contribution >= 0.6 is 0 Å². The molecule has 0 aliphatic heterocycles. The lowest BCUT2D eigenvalue weighted by Crippen LogP contribution is -2.33. The Bertz CT molecular complexity index is 139. The minimum Gasteiger partial charge on any atom is -0.291 e. The van der Waals surface area contributed by atoms with Crippen LogP contribution in [0.4, 0.5) is 0 Å². The van der Waals surface area contributed by atoms with Crippen molar-refractivity contribution in [2.24, 2.45) is 0 Å².